The number of benzene rings is 2. The Balaban J connectivity index is 2.23. The van der Waals surface area contributed by atoms with E-state index < -0.39 is 0 Å². The minimum atomic E-state index is 0.216. The number of hydrogen-bond acceptors (Lipinski definition) is 2. The Bertz CT molecular complexity index is 652. The van der Waals surface area contributed by atoms with Crippen molar-refractivity contribution in [3.8, 4) is 5.75 Å². The molecule has 0 heterocycles. The lowest BCUT2D eigenvalue weighted by atomic mass is 9.96. The van der Waals surface area contributed by atoms with E-state index in [9.17, 15) is 0 Å². The molecule has 3 heteroatoms. The second-order valence-corrected chi connectivity index (χ2v) is 5.92. The summed E-state index contributed by atoms with van der Waals surface area (Å²) in [5, 5.41) is 4.11. The molecule has 0 aliphatic heterocycles. The van der Waals surface area contributed by atoms with Crippen molar-refractivity contribution in [1.29, 1.82) is 0 Å². The molecule has 2 nitrogen and oxygen atoms in total. The maximum absolute atomic E-state index is 6.17. The summed E-state index contributed by atoms with van der Waals surface area (Å²) < 4.78 is 5.18. The van der Waals surface area contributed by atoms with Crippen molar-refractivity contribution in [1.82, 2.24) is 0 Å². The summed E-state index contributed by atoms with van der Waals surface area (Å²) in [7, 11) is 1.62. The molecule has 1 atom stereocenters. The van der Waals surface area contributed by atoms with Gasteiger partial charge in [-0.1, -0.05) is 23.7 Å². The summed E-state index contributed by atoms with van der Waals surface area (Å²) in [6.45, 7) is 8.61. The molecule has 0 fully saturated rings. The minimum absolute atomic E-state index is 0.216. The van der Waals surface area contributed by atoms with Crippen LogP contribution in [-0.4, -0.2) is 7.11 Å². The van der Waals surface area contributed by atoms with Crippen molar-refractivity contribution in [3.05, 3.63) is 57.6 Å². The predicted molar refractivity (Wildman–Crippen MR) is 90.7 cm³/mol. The zero-order valence-corrected chi connectivity index (χ0v) is 14.0. The second-order valence-electron chi connectivity index (χ2n) is 5.51. The van der Waals surface area contributed by atoms with Gasteiger partial charge >= 0.3 is 0 Å². The van der Waals surface area contributed by atoms with Gasteiger partial charge in [0.1, 0.15) is 5.75 Å². The highest BCUT2D eigenvalue weighted by Crippen LogP contribution is 2.30. The third-order valence-electron chi connectivity index (χ3n) is 3.88. The fourth-order valence-corrected chi connectivity index (χ4v) is 2.79. The SMILES string of the molecule is COc1ccc(NC(C)c2cc(C)c(C)cc2C)cc1Cl. The molecule has 2 aromatic rings. The molecular formula is C18H22ClNO. The molecule has 112 valence electrons. The Labute approximate surface area is 132 Å². The molecule has 2 rings (SSSR count). The summed E-state index contributed by atoms with van der Waals surface area (Å²) in [5.41, 5.74) is 6.25. The lowest BCUT2D eigenvalue weighted by Crippen LogP contribution is -2.09. The molecule has 0 aromatic heterocycles. The van der Waals surface area contributed by atoms with Gasteiger partial charge in [-0.3, -0.25) is 0 Å². The van der Waals surface area contributed by atoms with Crippen LogP contribution in [0.5, 0.6) is 5.75 Å². The van der Waals surface area contributed by atoms with E-state index in [0.717, 1.165) is 5.69 Å². The smallest absolute Gasteiger partial charge is 0.137 e. The Hall–Kier alpha value is -1.67. The molecule has 0 spiro atoms. The topological polar surface area (TPSA) is 21.3 Å². The van der Waals surface area contributed by atoms with Crippen LogP contribution in [0.1, 0.15) is 35.2 Å². The number of methoxy groups -OCH3 is 1. The van der Waals surface area contributed by atoms with Crippen molar-refractivity contribution < 1.29 is 4.74 Å². The fraction of sp³-hybridized carbons (Fsp3) is 0.333. The molecule has 0 amide bonds. The van der Waals surface area contributed by atoms with Crippen LogP contribution in [0.15, 0.2) is 30.3 Å². The molecule has 0 aliphatic rings. The number of anilines is 1. The van der Waals surface area contributed by atoms with Crippen LogP contribution in [-0.2, 0) is 0 Å². The summed E-state index contributed by atoms with van der Waals surface area (Å²) in [6, 6.07) is 10.5. The van der Waals surface area contributed by atoms with Crippen LogP contribution in [0, 0.1) is 20.8 Å². The van der Waals surface area contributed by atoms with E-state index in [-0.39, 0.29) is 6.04 Å². The summed E-state index contributed by atoms with van der Waals surface area (Å²) in [6.07, 6.45) is 0. The van der Waals surface area contributed by atoms with Gasteiger partial charge in [-0.05, 0) is 68.1 Å². The van der Waals surface area contributed by atoms with Gasteiger partial charge in [-0.15, -0.1) is 0 Å². The van der Waals surface area contributed by atoms with E-state index in [1.54, 1.807) is 7.11 Å². The second kappa shape index (κ2) is 6.40. The van der Waals surface area contributed by atoms with Gasteiger partial charge in [-0.2, -0.15) is 0 Å². The average molecular weight is 304 g/mol. The van der Waals surface area contributed by atoms with E-state index >= 15 is 0 Å². The van der Waals surface area contributed by atoms with Gasteiger partial charge in [0.15, 0.2) is 0 Å². The van der Waals surface area contributed by atoms with Crippen LogP contribution >= 0.6 is 11.6 Å². The van der Waals surface area contributed by atoms with Crippen molar-refractivity contribution in [2.45, 2.75) is 33.7 Å². The molecule has 0 aliphatic carbocycles. The predicted octanol–water partition coefficient (Wildman–Crippen LogP) is 5.45. The normalized spacial score (nSPS) is 12.1. The van der Waals surface area contributed by atoms with Crippen molar-refractivity contribution in [2.24, 2.45) is 0 Å². The number of ether oxygens (including phenoxy) is 1. The number of rotatable bonds is 4. The zero-order chi connectivity index (χ0) is 15.6. The summed E-state index contributed by atoms with van der Waals surface area (Å²) in [5.74, 6) is 0.692. The highest BCUT2D eigenvalue weighted by atomic mass is 35.5. The van der Waals surface area contributed by atoms with Crippen LogP contribution in [0.2, 0.25) is 5.02 Å². The molecule has 1 N–H and O–H groups in total. The Kier molecular flexibility index (Phi) is 4.79. The van der Waals surface area contributed by atoms with Gasteiger partial charge in [0.2, 0.25) is 0 Å². The van der Waals surface area contributed by atoms with Crippen LogP contribution in [0.3, 0.4) is 0 Å². The Morgan fingerprint density at radius 3 is 2.29 bits per heavy atom. The van der Waals surface area contributed by atoms with E-state index in [1.165, 1.54) is 22.3 Å². The molecule has 0 saturated heterocycles. The molecular weight excluding hydrogens is 282 g/mol. The molecule has 1 unspecified atom stereocenters. The number of hydrogen-bond donors (Lipinski definition) is 1. The first-order valence-corrected chi connectivity index (χ1v) is 7.48. The lowest BCUT2D eigenvalue weighted by molar-refractivity contribution is 0.415. The highest BCUT2D eigenvalue weighted by Gasteiger charge is 2.11. The van der Waals surface area contributed by atoms with Crippen LogP contribution < -0.4 is 10.1 Å². The van der Waals surface area contributed by atoms with Crippen LogP contribution in [0.25, 0.3) is 0 Å². The summed E-state index contributed by atoms with van der Waals surface area (Å²) >= 11 is 6.17. The van der Waals surface area contributed by atoms with Gasteiger partial charge in [0, 0.05) is 11.7 Å². The largest absolute Gasteiger partial charge is 0.495 e. The van der Waals surface area contributed by atoms with Crippen molar-refractivity contribution >= 4 is 17.3 Å². The van der Waals surface area contributed by atoms with E-state index in [4.69, 9.17) is 16.3 Å². The monoisotopic (exact) mass is 303 g/mol. The Morgan fingerprint density at radius 2 is 1.67 bits per heavy atom. The quantitative estimate of drug-likeness (QED) is 0.811. The fourth-order valence-electron chi connectivity index (χ4n) is 2.53. The molecule has 0 saturated carbocycles. The molecule has 21 heavy (non-hydrogen) atoms. The maximum atomic E-state index is 6.17. The third kappa shape index (κ3) is 3.51. The first-order chi connectivity index (χ1) is 9.92. The number of aryl methyl sites for hydroxylation is 3. The average Bonchev–Trinajstić information content (AvgIpc) is 2.43. The molecule has 0 radical (unpaired) electrons. The highest BCUT2D eigenvalue weighted by molar-refractivity contribution is 6.32. The maximum Gasteiger partial charge on any atom is 0.137 e. The standard InChI is InChI=1S/C18H22ClNO/c1-11-8-13(3)16(9-12(11)2)14(4)20-15-6-7-18(21-5)17(19)10-15/h6-10,14,20H,1-5H3. The number of halogens is 1. The first-order valence-electron chi connectivity index (χ1n) is 7.10. The zero-order valence-electron chi connectivity index (χ0n) is 13.3. The van der Waals surface area contributed by atoms with E-state index in [2.05, 4.69) is 45.1 Å². The van der Waals surface area contributed by atoms with Crippen molar-refractivity contribution in [2.75, 3.05) is 12.4 Å². The van der Waals surface area contributed by atoms with Gasteiger partial charge in [0.25, 0.3) is 0 Å². The van der Waals surface area contributed by atoms with E-state index in [0.29, 0.717) is 10.8 Å². The van der Waals surface area contributed by atoms with Gasteiger partial charge in [0.05, 0.1) is 12.1 Å². The first kappa shape index (κ1) is 15.7. The third-order valence-corrected chi connectivity index (χ3v) is 4.18. The summed E-state index contributed by atoms with van der Waals surface area (Å²) in [4.78, 5) is 0. The lowest BCUT2D eigenvalue weighted by Gasteiger charge is -2.20. The molecule has 0 bridgehead atoms. The van der Waals surface area contributed by atoms with E-state index in [1.807, 2.05) is 18.2 Å². The van der Waals surface area contributed by atoms with Crippen molar-refractivity contribution in [3.63, 3.8) is 0 Å². The van der Waals surface area contributed by atoms with Gasteiger partial charge in [-0.25, -0.2) is 0 Å². The minimum Gasteiger partial charge on any atom is -0.495 e. The van der Waals surface area contributed by atoms with Crippen LogP contribution in [0.4, 0.5) is 5.69 Å². The number of nitrogens with one attached hydrogen (secondary N) is 1. The van der Waals surface area contributed by atoms with Gasteiger partial charge < -0.3 is 10.1 Å². The molecule has 2 aromatic carbocycles. The Morgan fingerprint density at radius 1 is 1.00 bits per heavy atom.